The first-order valence-electron chi connectivity index (χ1n) is 12.3. The number of benzene rings is 2. The number of rotatable bonds is 7. The monoisotopic (exact) mass is 434 g/mol. The van der Waals surface area contributed by atoms with Gasteiger partial charge in [0.15, 0.2) is 0 Å². The van der Waals surface area contributed by atoms with Crippen LogP contribution >= 0.6 is 0 Å². The van der Waals surface area contributed by atoms with Gasteiger partial charge in [0.1, 0.15) is 0 Å². The summed E-state index contributed by atoms with van der Waals surface area (Å²) in [6, 6.07) is 21.8. The van der Waals surface area contributed by atoms with Crippen molar-refractivity contribution in [2.45, 2.75) is 51.0 Å². The molecule has 0 spiro atoms. The molecule has 1 saturated heterocycles. The zero-order valence-corrected chi connectivity index (χ0v) is 19.6. The number of methoxy groups -OCH3 is 1. The van der Waals surface area contributed by atoms with Crippen molar-refractivity contribution >= 4 is 6.09 Å². The molecule has 2 aromatic carbocycles. The van der Waals surface area contributed by atoms with Crippen LogP contribution in [-0.4, -0.2) is 37.7 Å². The van der Waals surface area contributed by atoms with Gasteiger partial charge in [0.2, 0.25) is 0 Å². The van der Waals surface area contributed by atoms with Crippen molar-refractivity contribution in [2.75, 3.05) is 26.7 Å². The third kappa shape index (κ3) is 4.85. The molecule has 3 atom stereocenters. The van der Waals surface area contributed by atoms with Crippen LogP contribution in [0.15, 0.2) is 60.7 Å². The molecule has 1 amide bonds. The van der Waals surface area contributed by atoms with Crippen LogP contribution in [0, 0.1) is 17.8 Å². The maximum absolute atomic E-state index is 12.2. The minimum Gasteiger partial charge on any atom is -0.453 e. The zero-order chi connectivity index (χ0) is 22.4. The fourth-order valence-electron chi connectivity index (χ4n) is 6.53. The number of hydrogen-bond donors (Lipinski definition) is 1. The van der Waals surface area contributed by atoms with E-state index in [9.17, 15) is 4.79 Å². The molecule has 0 radical (unpaired) electrons. The number of nitrogens with zero attached hydrogens (tertiary/aromatic N) is 1. The highest BCUT2D eigenvalue weighted by molar-refractivity contribution is 5.67. The fourth-order valence-corrected chi connectivity index (χ4v) is 6.53. The number of carbonyl (C=O) groups excluding carboxylic acids is 1. The third-order valence-electron chi connectivity index (χ3n) is 8.11. The highest BCUT2D eigenvalue weighted by atomic mass is 16.5. The number of likely N-dealkylation sites (tertiary alicyclic amines) is 1. The van der Waals surface area contributed by atoms with Gasteiger partial charge in [0, 0.05) is 18.5 Å². The SMILES string of the molecule is COC(=O)NCC(c1ccccc1)(C1CCN(Cc2ccccc2)CC1)[C@H]1CCC[C@@H]1C. The van der Waals surface area contributed by atoms with Crippen molar-refractivity contribution in [3.05, 3.63) is 71.8 Å². The molecule has 2 aromatic rings. The second kappa shape index (κ2) is 10.5. The Kier molecular flexibility index (Phi) is 7.51. The normalized spacial score (nSPS) is 24.1. The van der Waals surface area contributed by atoms with Crippen molar-refractivity contribution in [3.63, 3.8) is 0 Å². The molecule has 1 N–H and O–H groups in total. The van der Waals surface area contributed by atoms with Crippen LogP contribution in [0.2, 0.25) is 0 Å². The molecule has 1 unspecified atom stereocenters. The molecule has 2 aliphatic rings. The maximum atomic E-state index is 12.2. The largest absolute Gasteiger partial charge is 0.453 e. The van der Waals surface area contributed by atoms with E-state index >= 15 is 0 Å². The van der Waals surface area contributed by atoms with Gasteiger partial charge in [0.25, 0.3) is 0 Å². The minimum absolute atomic E-state index is 0.0514. The number of piperidine rings is 1. The van der Waals surface area contributed by atoms with Crippen molar-refractivity contribution in [3.8, 4) is 0 Å². The Morgan fingerprint density at radius 3 is 2.25 bits per heavy atom. The molecular weight excluding hydrogens is 396 g/mol. The summed E-state index contributed by atoms with van der Waals surface area (Å²) in [7, 11) is 1.46. The van der Waals surface area contributed by atoms with Crippen LogP contribution in [-0.2, 0) is 16.7 Å². The minimum atomic E-state index is -0.322. The van der Waals surface area contributed by atoms with Crippen molar-refractivity contribution in [1.29, 1.82) is 0 Å². The molecule has 4 nitrogen and oxygen atoms in total. The van der Waals surface area contributed by atoms with E-state index in [0.29, 0.717) is 24.3 Å². The van der Waals surface area contributed by atoms with E-state index in [1.54, 1.807) is 0 Å². The molecule has 1 aliphatic heterocycles. The Bertz CT molecular complexity index is 848. The van der Waals surface area contributed by atoms with Gasteiger partial charge in [-0.25, -0.2) is 4.79 Å². The van der Waals surface area contributed by atoms with E-state index in [-0.39, 0.29) is 11.5 Å². The van der Waals surface area contributed by atoms with E-state index in [1.165, 1.54) is 37.5 Å². The Morgan fingerprint density at radius 2 is 1.66 bits per heavy atom. The molecule has 0 bridgehead atoms. The summed E-state index contributed by atoms with van der Waals surface area (Å²) in [4.78, 5) is 14.8. The first-order chi connectivity index (χ1) is 15.6. The molecule has 4 heteroatoms. The third-order valence-corrected chi connectivity index (χ3v) is 8.11. The molecule has 1 heterocycles. The molecule has 4 rings (SSSR count). The van der Waals surface area contributed by atoms with Crippen molar-refractivity contribution in [2.24, 2.45) is 17.8 Å². The van der Waals surface area contributed by atoms with Crippen LogP contribution in [0.5, 0.6) is 0 Å². The molecule has 2 fully saturated rings. The van der Waals surface area contributed by atoms with E-state index in [4.69, 9.17) is 4.74 Å². The summed E-state index contributed by atoms with van der Waals surface area (Å²) < 4.78 is 4.98. The average molecular weight is 435 g/mol. The van der Waals surface area contributed by atoms with Gasteiger partial charge in [-0.15, -0.1) is 0 Å². The van der Waals surface area contributed by atoms with Gasteiger partial charge >= 0.3 is 6.09 Å². The van der Waals surface area contributed by atoms with Crippen molar-refractivity contribution in [1.82, 2.24) is 10.2 Å². The first kappa shape index (κ1) is 22.8. The number of ether oxygens (including phenoxy) is 1. The Morgan fingerprint density at radius 1 is 1.00 bits per heavy atom. The Hall–Kier alpha value is -2.33. The van der Waals surface area contributed by atoms with Gasteiger partial charge < -0.3 is 10.1 Å². The van der Waals surface area contributed by atoms with Crippen LogP contribution in [0.3, 0.4) is 0 Å². The van der Waals surface area contributed by atoms with Gasteiger partial charge in [0.05, 0.1) is 7.11 Å². The summed E-state index contributed by atoms with van der Waals surface area (Å²) in [6.45, 7) is 6.30. The summed E-state index contributed by atoms with van der Waals surface area (Å²) in [6.07, 6.45) is 5.80. The average Bonchev–Trinajstić information content (AvgIpc) is 3.28. The Balaban J connectivity index is 1.60. The van der Waals surface area contributed by atoms with Gasteiger partial charge in [-0.05, 0) is 61.2 Å². The topological polar surface area (TPSA) is 41.6 Å². The van der Waals surface area contributed by atoms with Gasteiger partial charge in [-0.1, -0.05) is 80.4 Å². The van der Waals surface area contributed by atoms with Gasteiger partial charge in [-0.2, -0.15) is 0 Å². The summed E-state index contributed by atoms with van der Waals surface area (Å²) in [5.41, 5.74) is 2.72. The number of amides is 1. The molecule has 1 saturated carbocycles. The van der Waals surface area contributed by atoms with Crippen molar-refractivity contribution < 1.29 is 9.53 Å². The fraction of sp³-hybridized carbons (Fsp3) is 0.536. The van der Waals surface area contributed by atoms with Crippen LogP contribution < -0.4 is 5.32 Å². The van der Waals surface area contributed by atoms with E-state index in [1.807, 2.05) is 0 Å². The summed E-state index contributed by atoms with van der Waals surface area (Å²) >= 11 is 0. The number of alkyl carbamates (subject to hydrolysis) is 1. The second-order valence-electron chi connectivity index (χ2n) is 9.80. The summed E-state index contributed by atoms with van der Waals surface area (Å²) in [5, 5.41) is 3.14. The standard InChI is InChI=1S/C28H38N2O2/c1-22-10-9-15-26(22)28(21-29-27(31)32-2,24-13-7-4-8-14-24)25-16-18-30(19-17-25)20-23-11-5-3-6-12-23/h3-8,11-14,22,25-26H,9-10,15-21H2,1-2H3,(H,29,31)/t22-,26-,28?/m0/s1. The molecule has 32 heavy (non-hydrogen) atoms. The highest BCUT2D eigenvalue weighted by Crippen LogP contribution is 2.52. The van der Waals surface area contributed by atoms with Crippen LogP contribution in [0.4, 0.5) is 4.79 Å². The van der Waals surface area contributed by atoms with Crippen LogP contribution in [0.1, 0.15) is 50.2 Å². The molecule has 1 aliphatic carbocycles. The lowest BCUT2D eigenvalue weighted by molar-refractivity contribution is 0.0668. The lowest BCUT2D eigenvalue weighted by Gasteiger charge is -2.50. The van der Waals surface area contributed by atoms with Crippen LogP contribution in [0.25, 0.3) is 0 Å². The quantitative estimate of drug-likeness (QED) is 0.614. The number of carbonyl (C=O) groups is 1. The number of hydrogen-bond acceptors (Lipinski definition) is 3. The Labute approximate surface area is 193 Å². The molecule has 0 aromatic heterocycles. The predicted octanol–water partition coefficient (Wildman–Crippen LogP) is 5.63. The second-order valence-corrected chi connectivity index (χ2v) is 9.80. The smallest absolute Gasteiger partial charge is 0.406 e. The van der Waals surface area contributed by atoms with E-state index in [0.717, 1.165) is 32.5 Å². The lowest BCUT2D eigenvalue weighted by Crippen LogP contribution is -2.54. The highest BCUT2D eigenvalue weighted by Gasteiger charge is 2.50. The summed E-state index contributed by atoms with van der Waals surface area (Å²) in [5.74, 6) is 1.78. The van der Waals surface area contributed by atoms with Gasteiger partial charge in [-0.3, -0.25) is 4.90 Å². The predicted molar refractivity (Wildman–Crippen MR) is 129 cm³/mol. The molecule has 172 valence electrons. The number of nitrogens with one attached hydrogen (secondary N) is 1. The first-order valence-corrected chi connectivity index (χ1v) is 12.3. The van der Waals surface area contributed by atoms with E-state index < -0.39 is 0 Å². The lowest BCUT2D eigenvalue weighted by atomic mass is 9.57. The van der Waals surface area contributed by atoms with E-state index in [2.05, 4.69) is 77.8 Å². The zero-order valence-electron chi connectivity index (χ0n) is 19.6. The maximum Gasteiger partial charge on any atom is 0.406 e. The molecular formula is C28H38N2O2.